The number of H-pyrrole nitrogens is 1. The fraction of sp³-hybridized carbons (Fsp3) is 0.348. The van der Waals surface area contributed by atoms with Gasteiger partial charge in [-0.25, -0.2) is 14.8 Å². The van der Waals surface area contributed by atoms with Gasteiger partial charge in [-0.1, -0.05) is 13.8 Å². The average Bonchev–Trinajstić information content (AvgIpc) is 2.84. The number of amides is 2. The highest BCUT2D eigenvalue weighted by atomic mass is 16.4. The van der Waals surface area contributed by atoms with E-state index in [1.807, 2.05) is 13.8 Å². The largest absolute Gasteiger partial charge is 0.480 e. The van der Waals surface area contributed by atoms with Crippen LogP contribution in [-0.4, -0.2) is 55.4 Å². The summed E-state index contributed by atoms with van der Waals surface area (Å²) in [5.41, 5.74) is 6.64. The van der Waals surface area contributed by atoms with Gasteiger partial charge in [0.05, 0.1) is 18.4 Å². The van der Waals surface area contributed by atoms with E-state index in [-0.39, 0.29) is 53.9 Å². The number of nitrogen functional groups attached to an aromatic ring is 1. The Morgan fingerprint density at radius 3 is 2.53 bits per heavy atom. The quantitative estimate of drug-likeness (QED) is 0.218. The molecule has 0 saturated carbocycles. The molecular formula is C23H28N8O5. The number of anilines is 2. The van der Waals surface area contributed by atoms with Crippen LogP contribution in [0.1, 0.15) is 42.7 Å². The summed E-state index contributed by atoms with van der Waals surface area (Å²) < 4.78 is 0. The van der Waals surface area contributed by atoms with Gasteiger partial charge in [0.25, 0.3) is 11.5 Å². The molecule has 0 spiro atoms. The van der Waals surface area contributed by atoms with Crippen molar-refractivity contribution in [2.24, 2.45) is 5.92 Å². The molecule has 1 unspecified atom stereocenters. The molecule has 1 atom stereocenters. The maximum Gasteiger partial charge on any atom is 0.326 e. The third-order valence-electron chi connectivity index (χ3n) is 5.08. The predicted molar refractivity (Wildman–Crippen MR) is 132 cm³/mol. The van der Waals surface area contributed by atoms with Crippen LogP contribution in [0.5, 0.6) is 0 Å². The number of hydrogen-bond acceptors (Lipinski definition) is 9. The fourth-order valence-corrected chi connectivity index (χ4v) is 3.17. The zero-order valence-corrected chi connectivity index (χ0v) is 19.9. The van der Waals surface area contributed by atoms with Gasteiger partial charge in [-0.3, -0.25) is 19.4 Å². The lowest BCUT2D eigenvalue weighted by atomic mass is 10.1. The summed E-state index contributed by atoms with van der Waals surface area (Å²) >= 11 is 0. The zero-order valence-electron chi connectivity index (χ0n) is 19.9. The molecule has 1 aromatic carbocycles. The van der Waals surface area contributed by atoms with Crippen LogP contribution >= 0.6 is 0 Å². The highest BCUT2D eigenvalue weighted by molar-refractivity contribution is 5.97. The number of hydrogen-bond donors (Lipinski definition) is 6. The fourth-order valence-electron chi connectivity index (χ4n) is 3.17. The van der Waals surface area contributed by atoms with Crippen molar-refractivity contribution in [1.82, 2.24) is 30.6 Å². The maximum atomic E-state index is 12.5. The first-order valence-electron chi connectivity index (χ1n) is 11.3. The molecule has 0 aliphatic rings. The Balaban J connectivity index is 1.55. The Labute approximate surface area is 205 Å². The Kier molecular flexibility index (Phi) is 8.49. The molecule has 3 rings (SSSR count). The van der Waals surface area contributed by atoms with Gasteiger partial charge in [-0.2, -0.15) is 4.98 Å². The van der Waals surface area contributed by atoms with Crippen LogP contribution in [0.25, 0.3) is 11.2 Å². The molecule has 7 N–H and O–H groups in total. The molecule has 36 heavy (non-hydrogen) atoms. The number of carbonyl (C=O) groups is 3. The van der Waals surface area contributed by atoms with Gasteiger partial charge < -0.3 is 26.8 Å². The lowest BCUT2D eigenvalue weighted by Gasteiger charge is -2.15. The van der Waals surface area contributed by atoms with Crippen LogP contribution in [0.3, 0.4) is 0 Å². The highest BCUT2D eigenvalue weighted by Gasteiger charge is 2.21. The maximum absolute atomic E-state index is 12.5. The van der Waals surface area contributed by atoms with Crippen molar-refractivity contribution in [1.29, 1.82) is 0 Å². The van der Waals surface area contributed by atoms with E-state index >= 15 is 0 Å². The molecule has 0 radical (unpaired) electrons. The number of carboxylic acid groups (broad SMARTS) is 1. The lowest BCUT2D eigenvalue weighted by molar-refractivity contribution is -0.139. The van der Waals surface area contributed by atoms with Crippen LogP contribution < -0.4 is 27.2 Å². The zero-order chi connectivity index (χ0) is 26.2. The number of aliphatic carboxylic acids is 1. The monoisotopic (exact) mass is 496 g/mol. The third-order valence-corrected chi connectivity index (χ3v) is 5.08. The van der Waals surface area contributed by atoms with Gasteiger partial charge in [0.1, 0.15) is 6.04 Å². The number of nitrogens with zero attached hydrogens (tertiary/aromatic N) is 3. The van der Waals surface area contributed by atoms with Crippen LogP contribution in [0.2, 0.25) is 0 Å². The molecule has 0 saturated heterocycles. The van der Waals surface area contributed by atoms with Crippen molar-refractivity contribution in [3.63, 3.8) is 0 Å². The van der Waals surface area contributed by atoms with Crippen molar-refractivity contribution in [2.45, 2.75) is 39.3 Å². The number of aromatic nitrogens is 4. The predicted octanol–water partition coefficient (Wildman–Crippen LogP) is 0.643. The first-order valence-corrected chi connectivity index (χ1v) is 11.3. The average molecular weight is 497 g/mol. The number of nitrogens with two attached hydrogens (primary N) is 1. The summed E-state index contributed by atoms with van der Waals surface area (Å²) in [6.07, 6.45) is 1.43. The number of rotatable bonds is 11. The molecule has 0 aliphatic carbocycles. The minimum Gasteiger partial charge on any atom is -0.480 e. The molecule has 2 heterocycles. The Morgan fingerprint density at radius 2 is 1.86 bits per heavy atom. The molecule has 2 amide bonds. The topological polar surface area (TPSA) is 205 Å². The van der Waals surface area contributed by atoms with Crippen molar-refractivity contribution in [3.8, 4) is 0 Å². The third kappa shape index (κ3) is 7.22. The normalized spacial score (nSPS) is 11.8. The van der Waals surface area contributed by atoms with E-state index in [1.165, 1.54) is 18.3 Å². The van der Waals surface area contributed by atoms with Crippen LogP contribution in [0.15, 0.2) is 35.3 Å². The molecule has 0 aliphatic heterocycles. The second-order valence-electron chi connectivity index (χ2n) is 8.52. The SMILES string of the molecule is CC(C)CNC(=O)CCC(NC(=O)c1ccc(NCc2cnc3nc(N)[nH]c(=O)c3n2)cc1)C(=O)O. The van der Waals surface area contributed by atoms with E-state index in [2.05, 4.69) is 35.9 Å². The smallest absolute Gasteiger partial charge is 0.326 e. The van der Waals surface area contributed by atoms with E-state index in [9.17, 15) is 24.3 Å². The Hall–Kier alpha value is -4.55. The van der Waals surface area contributed by atoms with E-state index < -0.39 is 23.5 Å². The molecule has 13 nitrogen and oxygen atoms in total. The number of benzene rings is 1. The van der Waals surface area contributed by atoms with E-state index in [1.54, 1.807) is 12.1 Å². The molecule has 3 aromatic rings. The Bertz CT molecular complexity index is 1310. The van der Waals surface area contributed by atoms with Crippen molar-refractivity contribution in [3.05, 3.63) is 52.1 Å². The molecule has 13 heteroatoms. The molecule has 0 bridgehead atoms. The highest BCUT2D eigenvalue weighted by Crippen LogP contribution is 2.12. The first-order chi connectivity index (χ1) is 17.1. The number of carbonyl (C=O) groups excluding carboxylic acids is 2. The van der Waals surface area contributed by atoms with E-state index in [0.29, 0.717) is 17.9 Å². The Morgan fingerprint density at radius 1 is 1.14 bits per heavy atom. The first kappa shape index (κ1) is 26.1. The summed E-state index contributed by atoms with van der Waals surface area (Å²) in [5, 5.41) is 17.7. The molecule has 2 aromatic heterocycles. The van der Waals surface area contributed by atoms with E-state index in [4.69, 9.17) is 5.73 Å². The van der Waals surface area contributed by atoms with Crippen LogP contribution in [0.4, 0.5) is 11.6 Å². The van der Waals surface area contributed by atoms with Gasteiger partial charge in [-0.15, -0.1) is 0 Å². The van der Waals surface area contributed by atoms with Crippen molar-refractivity contribution >= 4 is 40.6 Å². The summed E-state index contributed by atoms with van der Waals surface area (Å²) in [6.45, 7) is 4.66. The van der Waals surface area contributed by atoms with Gasteiger partial charge in [0, 0.05) is 24.2 Å². The summed E-state index contributed by atoms with van der Waals surface area (Å²) in [6, 6.07) is 5.17. The van der Waals surface area contributed by atoms with Gasteiger partial charge >= 0.3 is 5.97 Å². The minimum absolute atomic E-state index is 0.0141. The molecule has 0 fully saturated rings. The van der Waals surface area contributed by atoms with Crippen molar-refractivity contribution < 1.29 is 19.5 Å². The van der Waals surface area contributed by atoms with E-state index in [0.717, 1.165) is 0 Å². The van der Waals surface area contributed by atoms with Gasteiger partial charge in [0.2, 0.25) is 11.9 Å². The second kappa shape index (κ2) is 11.7. The van der Waals surface area contributed by atoms with Gasteiger partial charge in [0.15, 0.2) is 11.2 Å². The lowest BCUT2D eigenvalue weighted by Crippen LogP contribution is -2.41. The summed E-state index contributed by atoms with van der Waals surface area (Å²) in [7, 11) is 0. The van der Waals surface area contributed by atoms with Gasteiger partial charge in [-0.05, 0) is 36.6 Å². The van der Waals surface area contributed by atoms with Crippen LogP contribution in [0, 0.1) is 5.92 Å². The number of carboxylic acids is 1. The second-order valence-corrected chi connectivity index (χ2v) is 8.52. The summed E-state index contributed by atoms with van der Waals surface area (Å²) in [5.74, 6) is -1.81. The number of nitrogens with one attached hydrogen (secondary N) is 4. The molecular weight excluding hydrogens is 468 g/mol. The molecule has 190 valence electrons. The van der Waals surface area contributed by atoms with Crippen LogP contribution in [-0.2, 0) is 16.1 Å². The summed E-state index contributed by atoms with van der Waals surface area (Å²) in [4.78, 5) is 62.5. The standard InChI is InChI=1S/C23H28N8O5/c1-12(2)9-26-17(32)8-7-16(22(35)36)29-20(33)13-3-5-14(6-4-13)25-10-15-11-27-19-18(28-15)21(34)31-23(24)30-19/h3-6,11-12,16,25H,7-10H2,1-2H3,(H,26,32)(H,29,33)(H,35,36)(H3,24,27,30,31,34). The number of aromatic amines is 1. The number of fused-ring (bicyclic) bond motifs is 1. The minimum atomic E-state index is -1.22. The van der Waals surface area contributed by atoms with Crippen molar-refractivity contribution in [2.75, 3.05) is 17.6 Å².